The van der Waals surface area contributed by atoms with Crippen LogP contribution in [0.1, 0.15) is 6.92 Å². The molecule has 0 saturated heterocycles. The molecule has 0 unspecified atom stereocenters. The van der Waals surface area contributed by atoms with Crippen molar-refractivity contribution in [2.24, 2.45) is 0 Å². The van der Waals surface area contributed by atoms with Gasteiger partial charge in [0.25, 0.3) is 0 Å². The molecule has 0 N–H and O–H groups in total. The van der Waals surface area contributed by atoms with Gasteiger partial charge in [0.15, 0.2) is 5.16 Å². The Bertz CT molecular complexity index is 567. The lowest BCUT2D eigenvalue weighted by Crippen LogP contribution is -2.14. The fraction of sp³-hybridized carbons (Fsp3) is 0.385. The zero-order chi connectivity index (χ0) is 13.2. The van der Waals surface area contributed by atoms with E-state index < -0.39 is 0 Å². The Morgan fingerprint density at radius 3 is 2.68 bits per heavy atom. The van der Waals surface area contributed by atoms with Crippen molar-refractivity contribution in [3.63, 3.8) is 0 Å². The summed E-state index contributed by atoms with van der Waals surface area (Å²) in [4.78, 5) is 2.18. The first kappa shape index (κ1) is 12.3. The van der Waals surface area contributed by atoms with Crippen molar-refractivity contribution in [3.05, 3.63) is 24.3 Å². The first-order chi connectivity index (χ1) is 9.33. The Morgan fingerprint density at radius 2 is 2.00 bits per heavy atom. The summed E-state index contributed by atoms with van der Waals surface area (Å²) in [5.74, 6) is 1.82. The minimum Gasteiger partial charge on any atom is -0.494 e. The van der Waals surface area contributed by atoms with Crippen LogP contribution < -0.4 is 9.64 Å². The highest BCUT2D eigenvalue weighted by Crippen LogP contribution is 2.32. The summed E-state index contributed by atoms with van der Waals surface area (Å²) < 4.78 is 7.61. The molecule has 0 fully saturated rings. The highest BCUT2D eigenvalue weighted by Gasteiger charge is 2.25. The number of hydrogen-bond acceptors (Lipinski definition) is 5. The Labute approximate surface area is 116 Å². The van der Waals surface area contributed by atoms with Crippen LogP contribution in [0.5, 0.6) is 5.75 Å². The predicted molar refractivity (Wildman–Crippen MR) is 76.4 cm³/mol. The molecule has 0 spiro atoms. The van der Waals surface area contributed by atoms with Crippen LogP contribution in [0.15, 0.2) is 29.4 Å². The van der Waals surface area contributed by atoms with Crippen molar-refractivity contribution in [1.29, 1.82) is 0 Å². The molecule has 2 aromatic rings. The molecule has 1 aliphatic rings. The van der Waals surface area contributed by atoms with E-state index in [-0.39, 0.29) is 0 Å². The third kappa shape index (κ3) is 2.16. The molecule has 0 bridgehead atoms. The van der Waals surface area contributed by atoms with Crippen LogP contribution >= 0.6 is 11.8 Å². The zero-order valence-electron chi connectivity index (χ0n) is 11.0. The second kappa shape index (κ2) is 5.13. The zero-order valence-corrected chi connectivity index (χ0v) is 11.9. The lowest BCUT2D eigenvalue weighted by Gasteiger charge is -2.15. The second-order valence-electron chi connectivity index (χ2n) is 4.22. The molecule has 0 radical (unpaired) electrons. The topological polar surface area (TPSA) is 43.2 Å². The first-order valence-corrected chi connectivity index (χ1v) is 7.53. The van der Waals surface area contributed by atoms with Gasteiger partial charge in [0, 0.05) is 18.8 Å². The number of nitrogens with zero attached hydrogens (tertiary/aromatic N) is 4. The fourth-order valence-electron chi connectivity index (χ4n) is 2.26. The average Bonchev–Trinajstić information content (AvgIpc) is 3.01. The molecule has 100 valence electrons. The lowest BCUT2D eigenvalue weighted by molar-refractivity contribution is 0.340. The van der Waals surface area contributed by atoms with Gasteiger partial charge in [-0.1, -0.05) is 11.8 Å². The van der Waals surface area contributed by atoms with Gasteiger partial charge in [-0.15, -0.1) is 10.2 Å². The Balaban J connectivity index is 1.86. The maximum atomic E-state index is 5.46. The van der Waals surface area contributed by atoms with Crippen molar-refractivity contribution in [1.82, 2.24) is 14.8 Å². The fourth-order valence-corrected chi connectivity index (χ4v) is 2.78. The van der Waals surface area contributed by atoms with Crippen LogP contribution in [-0.2, 0) is 6.54 Å². The van der Waals surface area contributed by atoms with Crippen LogP contribution in [0, 0.1) is 0 Å². The number of anilines is 2. The van der Waals surface area contributed by atoms with E-state index >= 15 is 0 Å². The van der Waals surface area contributed by atoms with E-state index in [1.54, 1.807) is 11.8 Å². The van der Waals surface area contributed by atoms with E-state index in [1.165, 1.54) is 0 Å². The van der Waals surface area contributed by atoms with Crippen LogP contribution in [0.3, 0.4) is 0 Å². The Kier molecular flexibility index (Phi) is 3.33. The number of benzene rings is 1. The second-order valence-corrected chi connectivity index (χ2v) is 4.99. The van der Waals surface area contributed by atoms with Gasteiger partial charge in [-0.2, -0.15) is 0 Å². The first-order valence-electron chi connectivity index (χ1n) is 6.31. The maximum Gasteiger partial charge on any atom is 0.232 e. The van der Waals surface area contributed by atoms with Crippen molar-refractivity contribution < 1.29 is 4.74 Å². The third-order valence-electron chi connectivity index (χ3n) is 3.13. The molecule has 0 amide bonds. The minimum atomic E-state index is 0.689. The summed E-state index contributed by atoms with van der Waals surface area (Å²) in [7, 11) is 0. The van der Waals surface area contributed by atoms with E-state index in [0.717, 1.165) is 35.6 Å². The number of rotatable bonds is 4. The summed E-state index contributed by atoms with van der Waals surface area (Å²) in [6, 6.07) is 8.11. The molecule has 1 aliphatic heterocycles. The normalized spacial score (nSPS) is 13.7. The van der Waals surface area contributed by atoms with E-state index in [0.29, 0.717) is 6.61 Å². The molecule has 19 heavy (non-hydrogen) atoms. The number of thioether (sulfide) groups is 1. The molecule has 0 atom stereocenters. The summed E-state index contributed by atoms with van der Waals surface area (Å²) in [5, 5.41) is 9.43. The van der Waals surface area contributed by atoms with Gasteiger partial charge < -0.3 is 9.64 Å². The van der Waals surface area contributed by atoms with Crippen LogP contribution in [-0.4, -0.2) is 34.2 Å². The maximum absolute atomic E-state index is 5.46. The summed E-state index contributed by atoms with van der Waals surface area (Å²) in [5.41, 5.74) is 1.13. The van der Waals surface area contributed by atoms with Crippen LogP contribution in [0.4, 0.5) is 11.6 Å². The minimum absolute atomic E-state index is 0.689. The van der Waals surface area contributed by atoms with Crippen molar-refractivity contribution in [2.75, 3.05) is 24.3 Å². The van der Waals surface area contributed by atoms with E-state index in [1.807, 2.05) is 25.3 Å². The van der Waals surface area contributed by atoms with E-state index in [4.69, 9.17) is 4.74 Å². The van der Waals surface area contributed by atoms with E-state index in [9.17, 15) is 0 Å². The molecular weight excluding hydrogens is 260 g/mol. The van der Waals surface area contributed by atoms with E-state index in [2.05, 4.69) is 31.8 Å². The number of aromatic nitrogens is 3. The molecule has 6 heteroatoms. The highest BCUT2D eigenvalue weighted by atomic mass is 32.2. The van der Waals surface area contributed by atoms with Gasteiger partial charge in [0.2, 0.25) is 5.95 Å². The summed E-state index contributed by atoms with van der Waals surface area (Å²) in [6.45, 7) is 4.55. The summed E-state index contributed by atoms with van der Waals surface area (Å²) in [6.07, 6.45) is 2.02. The number of ether oxygens (including phenoxy) is 1. The predicted octanol–water partition coefficient (Wildman–Crippen LogP) is 2.55. The standard InChI is InChI=1S/C13H16N4OS/c1-3-18-11-6-4-10(5-7-11)16-8-9-17-12(16)14-15-13(17)19-2/h4-7H,3,8-9H2,1-2H3. The average molecular weight is 276 g/mol. The van der Waals surface area contributed by atoms with Crippen molar-refractivity contribution in [3.8, 4) is 5.75 Å². The van der Waals surface area contributed by atoms with Gasteiger partial charge >= 0.3 is 0 Å². The number of hydrogen-bond donors (Lipinski definition) is 0. The number of fused-ring (bicyclic) bond motifs is 1. The molecule has 5 nitrogen and oxygen atoms in total. The molecular formula is C13H16N4OS. The van der Waals surface area contributed by atoms with Crippen LogP contribution in [0.2, 0.25) is 0 Å². The molecule has 1 aromatic heterocycles. The molecule has 3 rings (SSSR count). The van der Waals surface area contributed by atoms with Gasteiger partial charge in [0.1, 0.15) is 5.75 Å². The quantitative estimate of drug-likeness (QED) is 0.803. The largest absolute Gasteiger partial charge is 0.494 e. The molecule has 0 saturated carbocycles. The molecule has 0 aliphatic carbocycles. The van der Waals surface area contributed by atoms with Crippen molar-refractivity contribution in [2.45, 2.75) is 18.6 Å². The van der Waals surface area contributed by atoms with Gasteiger partial charge in [-0.05, 0) is 37.4 Å². The monoisotopic (exact) mass is 276 g/mol. The molecule has 1 aromatic carbocycles. The van der Waals surface area contributed by atoms with Crippen LogP contribution in [0.25, 0.3) is 0 Å². The molecule has 2 heterocycles. The van der Waals surface area contributed by atoms with Gasteiger partial charge in [-0.3, -0.25) is 4.57 Å². The Morgan fingerprint density at radius 1 is 1.21 bits per heavy atom. The van der Waals surface area contributed by atoms with Gasteiger partial charge in [-0.25, -0.2) is 0 Å². The third-order valence-corrected chi connectivity index (χ3v) is 3.80. The lowest BCUT2D eigenvalue weighted by atomic mass is 10.3. The SMILES string of the molecule is CCOc1ccc(N2CCn3c(SC)nnc32)cc1. The Hall–Kier alpha value is -1.69. The van der Waals surface area contributed by atoms with Crippen molar-refractivity contribution >= 4 is 23.4 Å². The highest BCUT2D eigenvalue weighted by molar-refractivity contribution is 7.98. The van der Waals surface area contributed by atoms with Gasteiger partial charge in [0.05, 0.1) is 6.61 Å². The summed E-state index contributed by atoms with van der Waals surface area (Å²) >= 11 is 1.63. The smallest absolute Gasteiger partial charge is 0.232 e.